The number of methoxy groups -OCH3 is 1. The van der Waals surface area contributed by atoms with Crippen LogP contribution in [0.5, 0.6) is 5.75 Å². The monoisotopic (exact) mass is 281 g/mol. The number of aliphatic carboxylic acids is 1. The first-order chi connectivity index (χ1) is 9.52. The van der Waals surface area contributed by atoms with Gasteiger partial charge < -0.3 is 14.7 Å². The standard InChI is InChI=1S/C14H16FNO4/c1-20-12-5-4-9(7-11(12)15)13(17)16-6-2-3-10(8-16)14(18)19/h4-5,7,10H,2-3,6,8H2,1H3,(H,18,19)/t10-/m0/s1. The van der Waals surface area contributed by atoms with Crippen molar-refractivity contribution in [2.45, 2.75) is 12.8 Å². The Morgan fingerprint density at radius 2 is 2.20 bits per heavy atom. The van der Waals surface area contributed by atoms with Gasteiger partial charge >= 0.3 is 5.97 Å². The molecule has 2 rings (SSSR count). The lowest BCUT2D eigenvalue weighted by molar-refractivity contribution is -0.143. The van der Waals surface area contributed by atoms with E-state index in [0.717, 1.165) is 6.07 Å². The van der Waals surface area contributed by atoms with Crippen molar-refractivity contribution in [1.29, 1.82) is 0 Å². The van der Waals surface area contributed by atoms with Crippen LogP contribution in [0.15, 0.2) is 18.2 Å². The molecule has 0 aromatic heterocycles. The Bertz CT molecular complexity index is 532. The molecule has 0 spiro atoms. The second-order valence-corrected chi connectivity index (χ2v) is 4.78. The Labute approximate surface area is 116 Å². The highest BCUT2D eigenvalue weighted by molar-refractivity contribution is 5.94. The van der Waals surface area contributed by atoms with Crippen molar-refractivity contribution in [2.75, 3.05) is 20.2 Å². The maximum Gasteiger partial charge on any atom is 0.308 e. The highest BCUT2D eigenvalue weighted by atomic mass is 19.1. The van der Waals surface area contributed by atoms with Crippen molar-refractivity contribution in [3.05, 3.63) is 29.6 Å². The van der Waals surface area contributed by atoms with Crippen molar-refractivity contribution in [2.24, 2.45) is 5.92 Å². The van der Waals surface area contributed by atoms with Gasteiger partial charge in [0, 0.05) is 18.7 Å². The molecule has 1 aliphatic heterocycles. The third kappa shape index (κ3) is 2.89. The predicted octanol–water partition coefficient (Wildman–Crippen LogP) is 1.77. The Morgan fingerprint density at radius 1 is 1.45 bits per heavy atom. The summed E-state index contributed by atoms with van der Waals surface area (Å²) in [6.07, 6.45) is 1.21. The summed E-state index contributed by atoms with van der Waals surface area (Å²) in [7, 11) is 1.35. The molecule has 1 heterocycles. The average Bonchev–Trinajstić information content (AvgIpc) is 2.46. The van der Waals surface area contributed by atoms with Gasteiger partial charge in [0.25, 0.3) is 5.91 Å². The zero-order valence-corrected chi connectivity index (χ0v) is 11.1. The Balaban J connectivity index is 2.14. The van der Waals surface area contributed by atoms with E-state index < -0.39 is 17.7 Å². The lowest BCUT2D eigenvalue weighted by Gasteiger charge is -2.30. The molecule has 20 heavy (non-hydrogen) atoms. The fourth-order valence-electron chi connectivity index (χ4n) is 2.35. The number of nitrogens with zero attached hydrogens (tertiary/aromatic N) is 1. The van der Waals surface area contributed by atoms with Crippen LogP contribution in [0.2, 0.25) is 0 Å². The molecular weight excluding hydrogens is 265 g/mol. The third-order valence-corrected chi connectivity index (χ3v) is 3.46. The molecule has 6 heteroatoms. The molecule has 0 saturated carbocycles. The Kier molecular flexibility index (Phi) is 4.22. The number of benzene rings is 1. The summed E-state index contributed by atoms with van der Waals surface area (Å²) in [4.78, 5) is 24.7. The minimum absolute atomic E-state index is 0.0728. The normalized spacial score (nSPS) is 18.7. The molecule has 0 unspecified atom stereocenters. The number of carbonyl (C=O) groups is 2. The van der Waals surface area contributed by atoms with E-state index in [1.165, 1.54) is 24.1 Å². The largest absolute Gasteiger partial charge is 0.494 e. The first-order valence-electron chi connectivity index (χ1n) is 6.38. The number of carbonyl (C=O) groups excluding carboxylic acids is 1. The summed E-state index contributed by atoms with van der Waals surface area (Å²) < 4.78 is 18.4. The maximum absolute atomic E-state index is 13.6. The van der Waals surface area contributed by atoms with Crippen LogP contribution in [0.1, 0.15) is 23.2 Å². The number of rotatable bonds is 3. The van der Waals surface area contributed by atoms with E-state index in [-0.39, 0.29) is 23.8 Å². The minimum atomic E-state index is -0.900. The van der Waals surface area contributed by atoms with Crippen molar-refractivity contribution in [3.63, 3.8) is 0 Å². The van der Waals surface area contributed by atoms with E-state index in [4.69, 9.17) is 9.84 Å². The summed E-state index contributed by atoms with van der Waals surface area (Å²) >= 11 is 0. The van der Waals surface area contributed by atoms with Crippen LogP contribution in [0, 0.1) is 11.7 Å². The van der Waals surface area contributed by atoms with Crippen LogP contribution in [0.4, 0.5) is 4.39 Å². The van der Waals surface area contributed by atoms with Gasteiger partial charge in [0.1, 0.15) is 0 Å². The molecule has 108 valence electrons. The zero-order chi connectivity index (χ0) is 14.7. The second kappa shape index (κ2) is 5.90. The molecular formula is C14H16FNO4. The van der Waals surface area contributed by atoms with Gasteiger partial charge in [-0.15, -0.1) is 0 Å². The van der Waals surface area contributed by atoms with Gasteiger partial charge in [0.2, 0.25) is 0 Å². The molecule has 1 amide bonds. The van der Waals surface area contributed by atoms with Crippen molar-refractivity contribution in [3.8, 4) is 5.75 Å². The van der Waals surface area contributed by atoms with Gasteiger partial charge in [-0.25, -0.2) is 4.39 Å². The predicted molar refractivity (Wildman–Crippen MR) is 69.2 cm³/mol. The number of hydrogen-bond acceptors (Lipinski definition) is 3. The van der Waals surface area contributed by atoms with E-state index in [9.17, 15) is 14.0 Å². The number of carboxylic acids is 1. The van der Waals surface area contributed by atoms with E-state index in [1.807, 2.05) is 0 Å². The molecule has 0 bridgehead atoms. The molecule has 1 aromatic rings. The highest BCUT2D eigenvalue weighted by Gasteiger charge is 2.28. The quantitative estimate of drug-likeness (QED) is 0.917. The van der Waals surface area contributed by atoms with E-state index in [2.05, 4.69) is 0 Å². The fraction of sp³-hybridized carbons (Fsp3) is 0.429. The number of piperidine rings is 1. The second-order valence-electron chi connectivity index (χ2n) is 4.78. The van der Waals surface area contributed by atoms with Gasteiger partial charge in [-0.3, -0.25) is 9.59 Å². The number of ether oxygens (including phenoxy) is 1. The third-order valence-electron chi connectivity index (χ3n) is 3.46. The Hall–Kier alpha value is -2.11. The van der Waals surface area contributed by atoms with Gasteiger partial charge in [-0.2, -0.15) is 0 Å². The van der Waals surface area contributed by atoms with Crippen LogP contribution >= 0.6 is 0 Å². The van der Waals surface area contributed by atoms with Crippen LogP contribution < -0.4 is 4.74 Å². The lowest BCUT2D eigenvalue weighted by Crippen LogP contribution is -2.42. The van der Waals surface area contributed by atoms with Crippen molar-refractivity contribution < 1.29 is 23.8 Å². The van der Waals surface area contributed by atoms with Crippen molar-refractivity contribution in [1.82, 2.24) is 4.90 Å². The van der Waals surface area contributed by atoms with E-state index >= 15 is 0 Å². The molecule has 1 aliphatic rings. The fourth-order valence-corrected chi connectivity index (χ4v) is 2.35. The summed E-state index contributed by atoms with van der Waals surface area (Å²) in [6, 6.07) is 3.99. The topological polar surface area (TPSA) is 66.8 Å². The number of carboxylic acid groups (broad SMARTS) is 1. The van der Waals surface area contributed by atoms with Crippen LogP contribution in [-0.2, 0) is 4.79 Å². The van der Waals surface area contributed by atoms with Gasteiger partial charge in [-0.05, 0) is 31.0 Å². The molecule has 0 aliphatic carbocycles. The minimum Gasteiger partial charge on any atom is -0.494 e. The van der Waals surface area contributed by atoms with Crippen LogP contribution in [-0.4, -0.2) is 42.1 Å². The molecule has 1 N–H and O–H groups in total. The first-order valence-corrected chi connectivity index (χ1v) is 6.38. The SMILES string of the molecule is COc1ccc(C(=O)N2CCC[C@H](C(=O)O)C2)cc1F. The molecule has 0 radical (unpaired) electrons. The first kappa shape index (κ1) is 14.3. The number of amides is 1. The van der Waals surface area contributed by atoms with Crippen LogP contribution in [0.3, 0.4) is 0 Å². The summed E-state index contributed by atoms with van der Waals surface area (Å²) in [5.41, 5.74) is 0.203. The van der Waals surface area contributed by atoms with Crippen LogP contribution in [0.25, 0.3) is 0 Å². The lowest BCUT2D eigenvalue weighted by atomic mass is 9.97. The van der Waals surface area contributed by atoms with Gasteiger partial charge in [0.05, 0.1) is 13.0 Å². The number of halogens is 1. The molecule has 1 fully saturated rings. The van der Waals surface area contributed by atoms with E-state index in [1.54, 1.807) is 0 Å². The smallest absolute Gasteiger partial charge is 0.308 e. The van der Waals surface area contributed by atoms with Gasteiger partial charge in [-0.1, -0.05) is 0 Å². The Morgan fingerprint density at radius 3 is 2.80 bits per heavy atom. The molecule has 1 saturated heterocycles. The number of hydrogen-bond donors (Lipinski definition) is 1. The molecule has 5 nitrogen and oxygen atoms in total. The van der Waals surface area contributed by atoms with E-state index in [0.29, 0.717) is 19.4 Å². The molecule has 1 atom stereocenters. The highest BCUT2D eigenvalue weighted by Crippen LogP contribution is 2.22. The van der Waals surface area contributed by atoms with Gasteiger partial charge in [0.15, 0.2) is 11.6 Å². The zero-order valence-electron chi connectivity index (χ0n) is 11.1. The summed E-state index contributed by atoms with van der Waals surface area (Å²) in [5.74, 6) is -2.33. The maximum atomic E-state index is 13.6. The summed E-state index contributed by atoms with van der Waals surface area (Å²) in [6.45, 7) is 0.665. The summed E-state index contributed by atoms with van der Waals surface area (Å²) in [5, 5.41) is 9.01. The number of likely N-dealkylation sites (tertiary alicyclic amines) is 1. The molecule has 1 aromatic carbocycles. The average molecular weight is 281 g/mol. The van der Waals surface area contributed by atoms with Crippen molar-refractivity contribution >= 4 is 11.9 Å².